The molecule has 5 atom stereocenters. The predicted octanol–water partition coefficient (Wildman–Crippen LogP) is 5.27. The van der Waals surface area contributed by atoms with Gasteiger partial charge in [-0.3, -0.25) is 24.0 Å². The fraction of sp³-hybridized carbons (Fsp3) is 0.872. The van der Waals surface area contributed by atoms with Gasteiger partial charge in [0.2, 0.25) is 11.7 Å². The summed E-state index contributed by atoms with van der Waals surface area (Å²) < 4.78 is 5.31. The van der Waals surface area contributed by atoms with E-state index in [1.807, 2.05) is 25.7 Å². The Kier molecular flexibility index (Phi) is 10.2. The van der Waals surface area contributed by atoms with Crippen LogP contribution in [0.25, 0.3) is 0 Å². The quantitative estimate of drug-likeness (QED) is 0.227. The first kappa shape index (κ1) is 37.1. The fourth-order valence-electron chi connectivity index (χ4n) is 10.0. The van der Waals surface area contributed by atoms with Gasteiger partial charge in [0.15, 0.2) is 5.78 Å². The van der Waals surface area contributed by atoms with Crippen molar-refractivity contribution in [1.82, 2.24) is 10.2 Å². The van der Waals surface area contributed by atoms with Crippen molar-refractivity contribution >= 4 is 29.2 Å². The summed E-state index contributed by atoms with van der Waals surface area (Å²) in [5, 5.41) is 3.55. The van der Waals surface area contributed by atoms with Gasteiger partial charge in [-0.2, -0.15) is 0 Å². The smallest absolute Gasteiger partial charge is 0.285 e. The molecular formula is C39H63N3O6. The topological polar surface area (TPSA) is 136 Å². The molecule has 0 aromatic rings. The van der Waals surface area contributed by atoms with E-state index in [1.165, 1.54) is 0 Å². The zero-order valence-corrected chi connectivity index (χ0v) is 31.0. The van der Waals surface area contributed by atoms with Crippen LogP contribution in [0.2, 0.25) is 0 Å². The lowest BCUT2D eigenvalue weighted by Gasteiger charge is -2.37. The molecule has 2 amide bonds. The molecule has 1 unspecified atom stereocenters. The third kappa shape index (κ3) is 6.68. The van der Waals surface area contributed by atoms with E-state index in [-0.39, 0.29) is 57.9 Å². The highest BCUT2D eigenvalue weighted by Crippen LogP contribution is 2.88. The van der Waals surface area contributed by atoms with Crippen molar-refractivity contribution in [3.8, 4) is 0 Å². The Hall–Kier alpha value is -2.13. The molecule has 5 aliphatic rings. The lowest BCUT2D eigenvalue weighted by atomic mass is 9.73. The van der Waals surface area contributed by atoms with Gasteiger partial charge in [-0.1, -0.05) is 81.1 Å². The van der Waals surface area contributed by atoms with Gasteiger partial charge in [-0.25, -0.2) is 0 Å². The molecule has 5 rings (SSSR count). The first-order chi connectivity index (χ1) is 22.2. The molecule has 2 spiro atoms. The van der Waals surface area contributed by atoms with Crippen LogP contribution in [0.1, 0.15) is 126 Å². The van der Waals surface area contributed by atoms with E-state index in [4.69, 9.17) is 10.5 Å². The van der Waals surface area contributed by atoms with Gasteiger partial charge in [-0.05, 0) is 65.7 Å². The molecule has 0 aromatic carbocycles. The third-order valence-corrected chi connectivity index (χ3v) is 14.1. The number of nitrogens with zero attached hydrogens (tertiary/aromatic N) is 1. The van der Waals surface area contributed by atoms with E-state index >= 15 is 0 Å². The van der Waals surface area contributed by atoms with Gasteiger partial charge in [0.1, 0.15) is 5.78 Å². The van der Waals surface area contributed by atoms with Gasteiger partial charge < -0.3 is 20.7 Å². The second-order valence-electron chi connectivity index (χ2n) is 19.0. The number of hydrogen-bond donors (Lipinski definition) is 2. The number of nitrogens with two attached hydrogens (primary N) is 1. The third-order valence-electron chi connectivity index (χ3n) is 14.1. The zero-order valence-electron chi connectivity index (χ0n) is 31.0. The summed E-state index contributed by atoms with van der Waals surface area (Å²) >= 11 is 0. The first-order valence-electron chi connectivity index (χ1n) is 18.7. The molecule has 0 radical (unpaired) electrons. The molecule has 5 fully saturated rings. The molecular weight excluding hydrogens is 606 g/mol. The number of nitrogens with one attached hydrogen (secondary N) is 1. The lowest BCUT2D eigenvalue weighted by Crippen LogP contribution is -2.49. The minimum Gasteiger partial charge on any atom is -0.378 e. The molecule has 270 valence electrons. The SMILES string of the molecule is CC(C)(C)[C@@H](CNC1COC1)CC(=O)C[C@H](C(=O)N1C[C@]2(C[C@H]1C(=O)CC(CC1CCC1)C(=O)C(N)=O)C(C)(C)C21CCC1)C(C)(C)C. The number of ether oxygens (including phenoxy) is 1. The number of carbonyl (C=O) groups excluding carboxylic acids is 5. The molecule has 3 N–H and O–H groups in total. The summed E-state index contributed by atoms with van der Waals surface area (Å²) in [5.41, 5.74) is 4.81. The zero-order chi connectivity index (χ0) is 35.4. The first-order valence-corrected chi connectivity index (χ1v) is 18.7. The average molecular weight is 670 g/mol. The van der Waals surface area contributed by atoms with Gasteiger partial charge in [0.05, 0.1) is 25.3 Å². The van der Waals surface area contributed by atoms with Crippen LogP contribution in [-0.4, -0.2) is 72.5 Å². The van der Waals surface area contributed by atoms with E-state index in [1.54, 1.807) is 0 Å². The van der Waals surface area contributed by atoms with Crippen molar-refractivity contribution in [2.75, 3.05) is 26.3 Å². The largest absolute Gasteiger partial charge is 0.378 e. The minimum atomic E-state index is -0.990. The van der Waals surface area contributed by atoms with Crippen LogP contribution in [0.4, 0.5) is 0 Å². The number of primary amides is 1. The number of fused-ring (bicyclic) bond motifs is 1. The van der Waals surface area contributed by atoms with Crippen molar-refractivity contribution in [3.63, 3.8) is 0 Å². The van der Waals surface area contributed by atoms with E-state index in [9.17, 15) is 24.0 Å². The Balaban J connectivity index is 1.37. The van der Waals surface area contributed by atoms with Crippen molar-refractivity contribution in [1.29, 1.82) is 0 Å². The van der Waals surface area contributed by atoms with Crippen LogP contribution >= 0.6 is 0 Å². The highest BCUT2D eigenvalue weighted by atomic mass is 16.5. The number of likely N-dealkylation sites (tertiary alicyclic amines) is 1. The Labute approximate surface area is 288 Å². The Bertz CT molecular complexity index is 1280. The van der Waals surface area contributed by atoms with E-state index in [0.29, 0.717) is 57.5 Å². The highest BCUT2D eigenvalue weighted by Gasteiger charge is 2.85. The van der Waals surface area contributed by atoms with Gasteiger partial charge >= 0.3 is 0 Å². The molecule has 9 nitrogen and oxygen atoms in total. The summed E-state index contributed by atoms with van der Waals surface area (Å²) in [5.74, 6) is -2.76. The van der Waals surface area contributed by atoms with Crippen LogP contribution in [0.5, 0.6) is 0 Å². The Morgan fingerprint density at radius 1 is 0.896 bits per heavy atom. The minimum absolute atomic E-state index is 0.00829. The van der Waals surface area contributed by atoms with Crippen LogP contribution < -0.4 is 11.1 Å². The maximum atomic E-state index is 14.8. The number of rotatable bonds is 15. The molecule has 2 saturated heterocycles. The fourth-order valence-corrected chi connectivity index (χ4v) is 10.0. The molecule has 0 aromatic heterocycles. The van der Waals surface area contributed by atoms with Crippen molar-refractivity contribution < 1.29 is 28.7 Å². The maximum absolute atomic E-state index is 14.8. The van der Waals surface area contributed by atoms with E-state index in [2.05, 4.69) is 39.9 Å². The number of Topliss-reactive ketones (excluding diaryl/α,β-unsaturated/α-hetero) is 3. The Morgan fingerprint density at radius 3 is 1.98 bits per heavy atom. The summed E-state index contributed by atoms with van der Waals surface area (Å²) in [6, 6.07) is -0.347. The summed E-state index contributed by atoms with van der Waals surface area (Å²) in [7, 11) is 0. The average Bonchev–Trinajstić information content (AvgIpc) is 3.13. The van der Waals surface area contributed by atoms with Crippen LogP contribution in [0.15, 0.2) is 0 Å². The summed E-state index contributed by atoms with van der Waals surface area (Å²) in [6.07, 6.45) is 7.95. The van der Waals surface area contributed by atoms with Crippen molar-refractivity contribution in [2.24, 2.45) is 56.5 Å². The second-order valence-corrected chi connectivity index (χ2v) is 19.0. The number of carbonyl (C=O) groups is 5. The van der Waals surface area contributed by atoms with Gasteiger partial charge in [-0.15, -0.1) is 0 Å². The normalized spacial score (nSPS) is 28.2. The molecule has 2 heterocycles. The van der Waals surface area contributed by atoms with E-state index in [0.717, 1.165) is 38.5 Å². The number of ketones is 3. The van der Waals surface area contributed by atoms with Gasteiger partial charge in [0.25, 0.3) is 5.91 Å². The number of amides is 2. The Morgan fingerprint density at radius 2 is 1.54 bits per heavy atom. The van der Waals surface area contributed by atoms with Gasteiger partial charge in [0, 0.05) is 43.1 Å². The lowest BCUT2D eigenvalue weighted by molar-refractivity contribution is -0.147. The highest BCUT2D eigenvalue weighted by molar-refractivity contribution is 6.36. The number of hydrogen-bond acceptors (Lipinski definition) is 7. The maximum Gasteiger partial charge on any atom is 0.285 e. The summed E-state index contributed by atoms with van der Waals surface area (Å²) in [4.78, 5) is 69.9. The van der Waals surface area contributed by atoms with E-state index < -0.39 is 35.0 Å². The second kappa shape index (κ2) is 13.2. The van der Waals surface area contributed by atoms with Crippen molar-refractivity contribution in [2.45, 2.75) is 138 Å². The van der Waals surface area contributed by atoms with Crippen LogP contribution in [0.3, 0.4) is 0 Å². The molecule has 3 aliphatic carbocycles. The molecule has 48 heavy (non-hydrogen) atoms. The van der Waals surface area contributed by atoms with Crippen LogP contribution in [0, 0.1) is 50.7 Å². The molecule has 2 aliphatic heterocycles. The molecule has 0 bridgehead atoms. The predicted molar refractivity (Wildman–Crippen MR) is 185 cm³/mol. The standard InChI is InChI=1S/C39H63N3O6/c1-35(2,3)26(20-41-27-21-48-22-27)17-28(43)18-29(36(4,5)6)34(47)42-23-39(37(7,8)38(39)13-10-14-38)19-30(42)31(44)16-25(32(45)33(40)46)15-24-11-9-12-24/h24-27,29-30,41H,9-23H2,1-8H3,(H2,40,46)/t25?,26-,29-,30+,39-/m1/s1. The molecule has 3 saturated carbocycles. The summed E-state index contributed by atoms with van der Waals surface area (Å²) in [6.45, 7) is 19.7. The monoisotopic (exact) mass is 669 g/mol. The van der Waals surface area contributed by atoms with Crippen molar-refractivity contribution in [3.05, 3.63) is 0 Å². The molecule has 9 heteroatoms. The van der Waals surface area contributed by atoms with Crippen LogP contribution in [-0.2, 0) is 28.7 Å².